The Balaban J connectivity index is 2.08. The predicted molar refractivity (Wildman–Crippen MR) is 80.1 cm³/mol. The number of hydrogen-bond acceptors (Lipinski definition) is 2. The van der Waals surface area contributed by atoms with Gasteiger partial charge >= 0.3 is 0 Å². The molecule has 19 heavy (non-hydrogen) atoms. The summed E-state index contributed by atoms with van der Waals surface area (Å²) in [6.07, 6.45) is 1.84. The van der Waals surface area contributed by atoms with Gasteiger partial charge < -0.3 is 5.32 Å². The van der Waals surface area contributed by atoms with Crippen LogP contribution in [-0.2, 0) is 0 Å². The highest BCUT2D eigenvalue weighted by Crippen LogP contribution is 2.20. The smallest absolute Gasteiger partial charge is 0.0570 e. The standard InChI is InChI=1S/C17H22N2/c1-12-8-9-16(11-13(12)2)14(3)19-15(4)17-7-5-6-10-18-17/h5-11,14-15,19H,1-4H3. The average Bonchev–Trinajstić information content (AvgIpc) is 2.42. The molecule has 1 aromatic carbocycles. The lowest BCUT2D eigenvalue weighted by Gasteiger charge is -2.20. The van der Waals surface area contributed by atoms with Gasteiger partial charge in [0.25, 0.3) is 0 Å². The van der Waals surface area contributed by atoms with Gasteiger partial charge in [-0.1, -0.05) is 24.3 Å². The SMILES string of the molecule is Cc1ccc(C(C)NC(C)c2ccccn2)cc1C. The second kappa shape index (κ2) is 5.98. The van der Waals surface area contributed by atoms with E-state index in [9.17, 15) is 0 Å². The lowest BCUT2D eigenvalue weighted by atomic mass is 10.0. The van der Waals surface area contributed by atoms with Crippen molar-refractivity contribution in [3.8, 4) is 0 Å². The number of hydrogen-bond donors (Lipinski definition) is 1. The molecule has 2 rings (SSSR count). The molecule has 1 aromatic heterocycles. The van der Waals surface area contributed by atoms with Gasteiger partial charge in [0.15, 0.2) is 0 Å². The molecule has 100 valence electrons. The van der Waals surface area contributed by atoms with Crippen molar-refractivity contribution in [1.82, 2.24) is 10.3 Å². The average molecular weight is 254 g/mol. The molecule has 2 heteroatoms. The fourth-order valence-corrected chi connectivity index (χ4v) is 2.22. The summed E-state index contributed by atoms with van der Waals surface area (Å²) in [6.45, 7) is 8.66. The molecule has 0 aliphatic carbocycles. The van der Waals surface area contributed by atoms with E-state index in [1.807, 2.05) is 18.3 Å². The van der Waals surface area contributed by atoms with Crippen LogP contribution >= 0.6 is 0 Å². The summed E-state index contributed by atoms with van der Waals surface area (Å²) in [6, 6.07) is 13.3. The molecular formula is C17H22N2. The minimum Gasteiger partial charge on any atom is -0.302 e. The Morgan fingerprint density at radius 3 is 2.37 bits per heavy atom. The van der Waals surface area contributed by atoms with Gasteiger partial charge in [0.05, 0.1) is 5.69 Å². The Bertz CT molecular complexity index is 534. The quantitative estimate of drug-likeness (QED) is 0.888. The maximum Gasteiger partial charge on any atom is 0.0570 e. The van der Waals surface area contributed by atoms with Crippen LogP contribution in [0.5, 0.6) is 0 Å². The highest BCUT2D eigenvalue weighted by molar-refractivity contribution is 5.31. The molecule has 2 nitrogen and oxygen atoms in total. The fourth-order valence-electron chi connectivity index (χ4n) is 2.22. The molecule has 0 radical (unpaired) electrons. The van der Waals surface area contributed by atoms with Gasteiger partial charge in [-0.2, -0.15) is 0 Å². The number of nitrogens with one attached hydrogen (secondary N) is 1. The lowest BCUT2D eigenvalue weighted by Crippen LogP contribution is -2.23. The topological polar surface area (TPSA) is 24.9 Å². The van der Waals surface area contributed by atoms with Crippen LogP contribution in [-0.4, -0.2) is 4.98 Å². The summed E-state index contributed by atoms with van der Waals surface area (Å²) in [5.74, 6) is 0. The summed E-state index contributed by atoms with van der Waals surface area (Å²) in [5, 5.41) is 3.60. The van der Waals surface area contributed by atoms with Crippen molar-refractivity contribution in [3.05, 3.63) is 65.0 Å². The molecular weight excluding hydrogens is 232 g/mol. The molecule has 0 fully saturated rings. The molecule has 2 atom stereocenters. The molecule has 2 aromatic rings. The number of benzene rings is 1. The number of pyridine rings is 1. The van der Waals surface area contributed by atoms with Gasteiger partial charge in [0.1, 0.15) is 0 Å². The minimum atomic E-state index is 0.248. The van der Waals surface area contributed by atoms with E-state index in [2.05, 4.69) is 62.3 Å². The maximum atomic E-state index is 4.39. The Kier molecular flexibility index (Phi) is 4.33. The van der Waals surface area contributed by atoms with Gasteiger partial charge in [-0.3, -0.25) is 4.98 Å². The molecule has 1 heterocycles. The number of aromatic nitrogens is 1. The minimum absolute atomic E-state index is 0.248. The number of rotatable bonds is 4. The van der Waals surface area contributed by atoms with Gasteiger partial charge in [-0.15, -0.1) is 0 Å². The van der Waals surface area contributed by atoms with Gasteiger partial charge in [0, 0.05) is 18.3 Å². The normalized spacial score (nSPS) is 14.1. The molecule has 0 aliphatic rings. The molecule has 0 spiro atoms. The first kappa shape index (κ1) is 13.8. The summed E-state index contributed by atoms with van der Waals surface area (Å²) in [4.78, 5) is 4.39. The molecule has 0 saturated carbocycles. The molecule has 0 bridgehead atoms. The third-order valence-corrected chi connectivity index (χ3v) is 3.66. The van der Waals surface area contributed by atoms with E-state index in [0.29, 0.717) is 6.04 Å². The largest absolute Gasteiger partial charge is 0.302 e. The highest BCUT2D eigenvalue weighted by Gasteiger charge is 2.12. The summed E-state index contributed by atoms with van der Waals surface area (Å²) < 4.78 is 0. The van der Waals surface area contributed by atoms with Gasteiger partial charge in [0.2, 0.25) is 0 Å². The van der Waals surface area contributed by atoms with Crippen LogP contribution in [0.15, 0.2) is 42.6 Å². The predicted octanol–water partition coefficient (Wildman–Crippen LogP) is 4.11. The second-order valence-corrected chi connectivity index (χ2v) is 5.21. The molecule has 2 unspecified atom stereocenters. The van der Waals surface area contributed by atoms with Crippen LogP contribution in [0.1, 0.15) is 48.3 Å². The van der Waals surface area contributed by atoms with E-state index in [1.54, 1.807) is 0 Å². The summed E-state index contributed by atoms with van der Waals surface area (Å²) in [5.41, 5.74) is 5.09. The van der Waals surface area contributed by atoms with E-state index < -0.39 is 0 Å². The van der Waals surface area contributed by atoms with Crippen LogP contribution in [0, 0.1) is 13.8 Å². The monoisotopic (exact) mass is 254 g/mol. The zero-order valence-electron chi connectivity index (χ0n) is 12.1. The van der Waals surface area contributed by atoms with E-state index in [1.165, 1.54) is 16.7 Å². The Morgan fingerprint density at radius 1 is 0.947 bits per heavy atom. The van der Waals surface area contributed by atoms with E-state index >= 15 is 0 Å². The van der Waals surface area contributed by atoms with Crippen molar-refractivity contribution in [2.45, 2.75) is 39.8 Å². The zero-order valence-corrected chi connectivity index (χ0v) is 12.1. The Hall–Kier alpha value is -1.67. The van der Waals surface area contributed by atoms with E-state index in [0.717, 1.165) is 5.69 Å². The lowest BCUT2D eigenvalue weighted by molar-refractivity contribution is 0.486. The van der Waals surface area contributed by atoms with Crippen LogP contribution in [0.3, 0.4) is 0 Å². The fraction of sp³-hybridized carbons (Fsp3) is 0.353. The summed E-state index contributed by atoms with van der Waals surface area (Å²) in [7, 11) is 0. The van der Waals surface area contributed by atoms with Crippen molar-refractivity contribution < 1.29 is 0 Å². The first-order valence-electron chi connectivity index (χ1n) is 6.82. The second-order valence-electron chi connectivity index (χ2n) is 5.21. The van der Waals surface area contributed by atoms with Crippen molar-refractivity contribution in [2.75, 3.05) is 0 Å². The summed E-state index contributed by atoms with van der Waals surface area (Å²) >= 11 is 0. The molecule has 1 N–H and O–H groups in total. The number of aryl methyl sites for hydroxylation is 2. The molecule has 0 aliphatic heterocycles. The highest BCUT2D eigenvalue weighted by atomic mass is 15.0. The van der Waals surface area contributed by atoms with E-state index in [-0.39, 0.29) is 6.04 Å². The number of nitrogens with zero attached hydrogens (tertiary/aromatic N) is 1. The Labute approximate surface area is 115 Å². The van der Waals surface area contributed by atoms with Crippen LogP contribution < -0.4 is 5.32 Å². The molecule has 0 saturated heterocycles. The first-order valence-corrected chi connectivity index (χ1v) is 6.82. The van der Waals surface area contributed by atoms with Crippen LogP contribution in [0.25, 0.3) is 0 Å². The van der Waals surface area contributed by atoms with Crippen molar-refractivity contribution >= 4 is 0 Å². The first-order chi connectivity index (χ1) is 9.08. The van der Waals surface area contributed by atoms with Crippen molar-refractivity contribution in [1.29, 1.82) is 0 Å². The van der Waals surface area contributed by atoms with Crippen LogP contribution in [0.4, 0.5) is 0 Å². The molecule has 0 amide bonds. The Morgan fingerprint density at radius 2 is 1.74 bits per heavy atom. The van der Waals surface area contributed by atoms with Crippen LogP contribution in [0.2, 0.25) is 0 Å². The van der Waals surface area contributed by atoms with Gasteiger partial charge in [-0.05, 0) is 56.5 Å². The van der Waals surface area contributed by atoms with Crippen molar-refractivity contribution in [2.24, 2.45) is 0 Å². The van der Waals surface area contributed by atoms with Crippen molar-refractivity contribution in [3.63, 3.8) is 0 Å². The maximum absolute atomic E-state index is 4.39. The third kappa shape index (κ3) is 3.42. The van der Waals surface area contributed by atoms with E-state index in [4.69, 9.17) is 0 Å². The third-order valence-electron chi connectivity index (χ3n) is 3.66. The zero-order chi connectivity index (χ0) is 13.8. The van der Waals surface area contributed by atoms with Gasteiger partial charge in [-0.25, -0.2) is 0 Å².